The third-order valence-electron chi connectivity index (χ3n) is 6.61. The number of hydrogen-bond donors (Lipinski definition) is 1. The molecule has 1 fully saturated rings. The lowest BCUT2D eigenvalue weighted by Gasteiger charge is -2.44. The molecule has 1 aromatic heterocycles. The van der Waals surface area contributed by atoms with Crippen LogP contribution in [0.5, 0.6) is 5.88 Å². The van der Waals surface area contributed by atoms with Gasteiger partial charge in [0.05, 0.1) is 12.2 Å². The smallest absolute Gasteiger partial charge is 0.410 e. The SMILES string of the molecule is CCOc1ncc(-c2ccc(CCN3CC[C@](CC(C)(C)O)(c4ccccc4)OC3=O)cc2)cc1C. The molecule has 190 valence electrons. The Bertz CT molecular complexity index is 1170. The van der Waals surface area contributed by atoms with Crippen LogP contribution in [-0.2, 0) is 16.8 Å². The highest BCUT2D eigenvalue weighted by atomic mass is 16.6. The highest BCUT2D eigenvalue weighted by Gasteiger charge is 2.45. The minimum atomic E-state index is -0.961. The number of rotatable bonds is 9. The Labute approximate surface area is 213 Å². The van der Waals surface area contributed by atoms with Gasteiger partial charge >= 0.3 is 6.09 Å². The van der Waals surface area contributed by atoms with Gasteiger partial charge in [0.25, 0.3) is 0 Å². The van der Waals surface area contributed by atoms with Crippen molar-refractivity contribution < 1.29 is 19.4 Å². The average molecular weight is 489 g/mol. The molecule has 1 N–H and O–H groups in total. The molecular formula is C30H36N2O4. The Morgan fingerprint density at radius 2 is 1.83 bits per heavy atom. The third kappa shape index (κ3) is 6.05. The van der Waals surface area contributed by atoms with Gasteiger partial charge in [0.1, 0.15) is 5.60 Å². The molecule has 3 aromatic rings. The summed E-state index contributed by atoms with van der Waals surface area (Å²) in [5, 5.41) is 10.5. The molecule has 1 amide bonds. The van der Waals surface area contributed by atoms with Crippen LogP contribution >= 0.6 is 0 Å². The molecule has 0 aliphatic carbocycles. The zero-order valence-corrected chi connectivity index (χ0v) is 21.7. The molecule has 6 nitrogen and oxygen atoms in total. The van der Waals surface area contributed by atoms with Gasteiger partial charge in [0.2, 0.25) is 5.88 Å². The quantitative estimate of drug-likeness (QED) is 0.406. The maximum absolute atomic E-state index is 13.0. The van der Waals surface area contributed by atoms with Crippen molar-refractivity contribution in [3.8, 4) is 17.0 Å². The van der Waals surface area contributed by atoms with Crippen LogP contribution in [0.1, 0.15) is 50.3 Å². The van der Waals surface area contributed by atoms with E-state index in [0.717, 1.165) is 34.2 Å². The van der Waals surface area contributed by atoms with Crippen molar-refractivity contribution in [2.24, 2.45) is 0 Å². The third-order valence-corrected chi connectivity index (χ3v) is 6.61. The number of aryl methyl sites for hydroxylation is 1. The monoisotopic (exact) mass is 488 g/mol. The first-order chi connectivity index (χ1) is 17.2. The van der Waals surface area contributed by atoms with Crippen molar-refractivity contribution in [1.29, 1.82) is 0 Å². The molecule has 1 saturated heterocycles. The Balaban J connectivity index is 1.39. The maximum Gasteiger partial charge on any atom is 0.410 e. The summed E-state index contributed by atoms with van der Waals surface area (Å²) in [7, 11) is 0. The highest BCUT2D eigenvalue weighted by molar-refractivity contribution is 5.69. The highest BCUT2D eigenvalue weighted by Crippen LogP contribution is 2.40. The Hall–Kier alpha value is -3.38. The van der Waals surface area contributed by atoms with Gasteiger partial charge in [-0.3, -0.25) is 0 Å². The van der Waals surface area contributed by atoms with E-state index in [0.29, 0.717) is 38.4 Å². The molecule has 0 saturated carbocycles. The Kier molecular flexibility index (Phi) is 7.65. The summed E-state index contributed by atoms with van der Waals surface area (Å²) in [5.74, 6) is 0.671. The van der Waals surface area contributed by atoms with Gasteiger partial charge in [-0.1, -0.05) is 54.6 Å². The number of cyclic esters (lactones) is 1. The molecule has 4 rings (SSSR count). The summed E-state index contributed by atoms with van der Waals surface area (Å²) >= 11 is 0. The van der Waals surface area contributed by atoms with Crippen molar-refractivity contribution >= 4 is 6.09 Å². The van der Waals surface area contributed by atoms with E-state index in [4.69, 9.17) is 9.47 Å². The summed E-state index contributed by atoms with van der Waals surface area (Å²) in [6.45, 7) is 9.22. The number of benzene rings is 2. The first-order valence-corrected chi connectivity index (χ1v) is 12.6. The van der Waals surface area contributed by atoms with E-state index in [1.807, 2.05) is 50.4 Å². The van der Waals surface area contributed by atoms with Gasteiger partial charge in [-0.2, -0.15) is 0 Å². The van der Waals surface area contributed by atoms with Gasteiger partial charge in [-0.25, -0.2) is 9.78 Å². The Morgan fingerprint density at radius 3 is 2.44 bits per heavy atom. The van der Waals surface area contributed by atoms with Crippen LogP contribution in [0, 0.1) is 6.92 Å². The number of aromatic nitrogens is 1. The fourth-order valence-electron chi connectivity index (χ4n) is 4.90. The molecule has 36 heavy (non-hydrogen) atoms. The van der Waals surface area contributed by atoms with E-state index in [1.54, 1.807) is 18.7 Å². The van der Waals surface area contributed by atoms with Gasteiger partial charge in [-0.15, -0.1) is 0 Å². The molecule has 2 aromatic carbocycles. The first-order valence-electron chi connectivity index (χ1n) is 12.6. The van der Waals surface area contributed by atoms with E-state index in [9.17, 15) is 9.90 Å². The van der Waals surface area contributed by atoms with Crippen molar-refractivity contribution in [3.05, 3.63) is 83.6 Å². The number of pyridine rings is 1. The van der Waals surface area contributed by atoms with Gasteiger partial charge < -0.3 is 19.5 Å². The van der Waals surface area contributed by atoms with E-state index in [2.05, 4.69) is 35.3 Å². The summed E-state index contributed by atoms with van der Waals surface area (Å²) in [6, 6.07) is 20.2. The second kappa shape index (κ2) is 10.7. The molecule has 1 atom stereocenters. The van der Waals surface area contributed by atoms with E-state index in [1.165, 1.54) is 0 Å². The number of nitrogens with zero attached hydrogens (tertiary/aromatic N) is 2. The number of ether oxygens (including phenoxy) is 2. The lowest BCUT2D eigenvalue weighted by atomic mass is 9.80. The fourth-order valence-corrected chi connectivity index (χ4v) is 4.90. The predicted octanol–water partition coefficient (Wildman–Crippen LogP) is 5.90. The second-order valence-electron chi connectivity index (χ2n) is 10.2. The molecule has 6 heteroatoms. The molecule has 1 aliphatic rings. The molecule has 1 aliphatic heterocycles. The minimum absolute atomic E-state index is 0.332. The minimum Gasteiger partial charge on any atom is -0.478 e. The predicted molar refractivity (Wildman–Crippen MR) is 141 cm³/mol. The zero-order chi connectivity index (χ0) is 25.8. The number of aliphatic hydroxyl groups is 1. The molecule has 0 spiro atoms. The van der Waals surface area contributed by atoms with Crippen molar-refractivity contribution in [3.63, 3.8) is 0 Å². The topological polar surface area (TPSA) is 71.9 Å². The standard InChI is InChI=1S/C30H36N2O4/c1-5-35-27-22(2)19-25(20-31-27)24-13-11-23(12-14-24)15-17-32-18-16-30(36-28(32)33,21-29(3,4)34)26-9-7-6-8-10-26/h6-14,19-20,34H,5,15-18,21H2,1-4H3/t30-/m0/s1. The van der Waals surface area contributed by atoms with Crippen LogP contribution < -0.4 is 4.74 Å². The summed E-state index contributed by atoms with van der Waals surface area (Å²) in [6.07, 6.45) is 3.23. The maximum atomic E-state index is 13.0. The Morgan fingerprint density at radius 1 is 1.11 bits per heavy atom. The largest absolute Gasteiger partial charge is 0.478 e. The van der Waals surface area contributed by atoms with Crippen LogP contribution in [0.15, 0.2) is 66.9 Å². The average Bonchev–Trinajstić information content (AvgIpc) is 2.85. The second-order valence-corrected chi connectivity index (χ2v) is 10.2. The van der Waals surface area contributed by atoms with Crippen LogP contribution in [0.4, 0.5) is 4.79 Å². The van der Waals surface area contributed by atoms with Gasteiger partial charge in [0.15, 0.2) is 0 Å². The molecular weight excluding hydrogens is 452 g/mol. The van der Waals surface area contributed by atoms with Crippen molar-refractivity contribution in [2.45, 2.75) is 58.2 Å². The van der Waals surface area contributed by atoms with Crippen molar-refractivity contribution in [2.75, 3.05) is 19.7 Å². The fraction of sp³-hybridized carbons (Fsp3) is 0.400. The molecule has 0 unspecified atom stereocenters. The summed E-state index contributed by atoms with van der Waals surface area (Å²) in [4.78, 5) is 19.2. The van der Waals surface area contributed by atoms with Gasteiger partial charge in [-0.05, 0) is 56.9 Å². The number of hydrogen-bond acceptors (Lipinski definition) is 5. The van der Waals surface area contributed by atoms with Crippen LogP contribution in [0.2, 0.25) is 0 Å². The number of carbonyl (C=O) groups excluding carboxylic acids is 1. The summed E-state index contributed by atoms with van der Waals surface area (Å²) in [5.41, 5.74) is 3.45. The molecule has 0 radical (unpaired) electrons. The summed E-state index contributed by atoms with van der Waals surface area (Å²) < 4.78 is 11.6. The lowest BCUT2D eigenvalue weighted by Crippen LogP contribution is -2.51. The normalized spacial score (nSPS) is 18.1. The zero-order valence-electron chi connectivity index (χ0n) is 21.7. The van der Waals surface area contributed by atoms with Crippen molar-refractivity contribution in [1.82, 2.24) is 9.88 Å². The number of carbonyl (C=O) groups is 1. The van der Waals surface area contributed by atoms with Gasteiger partial charge in [0, 0.05) is 43.3 Å². The van der Waals surface area contributed by atoms with Crippen LogP contribution in [0.3, 0.4) is 0 Å². The van der Waals surface area contributed by atoms with Crippen LogP contribution in [-0.4, -0.2) is 46.4 Å². The number of amides is 1. The van der Waals surface area contributed by atoms with E-state index >= 15 is 0 Å². The van der Waals surface area contributed by atoms with Crippen LogP contribution in [0.25, 0.3) is 11.1 Å². The molecule has 0 bridgehead atoms. The lowest BCUT2D eigenvalue weighted by molar-refractivity contribution is -0.0960. The molecule has 2 heterocycles. The van der Waals surface area contributed by atoms with E-state index < -0.39 is 11.2 Å². The first kappa shape index (κ1) is 25.7. The van der Waals surface area contributed by atoms with E-state index in [-0.39, 0.29) is 6.09 Å².